The van der Waals surface area contributed by atoms with Gasteiger partial charge in [0.25, 0.3) is 0 Å². The molecule has 0 fully saturated rings. The smallest absolute Gasteiger partial charge is 0.154 e. The highest BCUT2D eigenvalue weighted by molar-refractivity contribution is 5.74. The van der Waals surface area contributed by atoms with E-state index in [4.69, 9.17) is 5.11 Å². The van der Waals surface area contributed by atoms with E-state index < -0.39 is 0 Å². The Morgan fingerprint density at radius 1 is 1.20 bits per heavy atom. The molecule has 4 heteroatoms. The number of phenols is 1. The molecule has 0 amide bonds. The zero-order chi connectivity index (χ0) is 11.7. The molecule has 0 aliphatic rings. The largest absolute Gasteiger partial charge is 0.508 e. The van der Waals surface area contributed by atoms with Crippen LogP contribution in [0.25, 0.3) is 0 Å². The van der Waals surface area contributed by atoms with Gasteiger partial charge in [0, 0.05) is 19.8 Å². The first-order valence-corrected chi connectivity index (χ1v) is 4.43. The minimum atomic E-state index is -0.0648. The summed E-state index contributed by atoms with van der Waals surface area (Å²) >= 11 is 0. The molecule has 0 spiro atoms. The summed E-state index contributed by atoms with van der Waals surface area (Å²) in [5.74, 6) is 0.181. The van der Waals surface area contributed by atoms with Crippen molar-refractivity contribution in [2.24, 2.45) is 0 Å². The van der Waals surface area contributed by atoms with E-state index in [1.807, 2.05) is 6.92 Å². The van der Waals surface area contributed by atoms with Crippen LogP contribution in [0.2, 0.25) is 0 Å². The van der Waals surface area contributed by atoms with Gasteiger partial charge in [0.05, 0.1) is 0 Å². The van der Waals surface area contributed by atoms with Gasteiger partial charge in [-0.2, -0.15) is 0 Å². The molecule has 0 aliphatic carbocycles. The van der Waals surface area contributed by atoms with Gasteiger partial charge in [0.2, 0.25) is 0 Å². The lowest BCUT2D eigenvalue weighted by atomic mass is 10.2. The molecule has 0 bridgehead atoms. The van der Waals surface area contributed by atoms with Crippen molar-refractivity contribution in [2.75, 3.05) is 14.2 Å². The minimum absolute atomic E-state index is 0.0648. The fraction of sp³-hybridized carbons (Fsp3) is 0.364. The maximum absolute atomic E-state index is 10.0. The summed E-state index contributed by atoms with van der Waals surface area (Å²) in [6.07, 6.45) is 0.671. The number of benzene rings is 1. The van der Waals surface area contributed by atoms with E-state index in [2.05, 4.69) is 9.47 Å². The molecule has 0 heterocycles. The van der Waals surface area contributed by atoms with Gasteiger partial charge in [0.15, 0.2) is 6.29 Å². The van der Waals surface area contributed by atoms with Gasteiger partial charge in [-0.05, 0) is 31.2 Å². The summed E-state index contributed by atoms with van der Waals surface area (Å²) in [5.41, 5.74) is 0.577. The van der Waals surface area contributed by atoms with Crippen molar-refractivity contribution >= 4 is 6.29 Å². The number of carbonyl (C=O) groups excluding carboxylic acids is 1. The molecule has 0 saturated carbocycles. The zero-order valence-corrected chi connectivity index (χ0v) is 9.14. The molecule has 1 aromatic carbocycles. The average Bonchev–Trinajstić information content (AvgIpc) is 2.30. The van der Waals surface area contributed by atoms with Gasteiger partial charge in [0.1, 0.15) is 12.0 Å². The first-order chi connectivity index (χ1) is 7.13. The third kappa shape index (κ3) is 6.65. The lowest BCUT2D eigenvalue weighted by molar-refractivity contribution is -0.0877. The van der Waals surface area contributed by atoms with Crippen LogP contribution in [-0.2, 0) is 9.47 Å². The van der Waals surface area contributed by atoms with Crippen LogP contribution in [-0.4, -0.2) is 31.9 Å². The second kappa shape index (κ2) is 7.96. The van der Waals surface area contributed by atoms with E-state index in [1.54, 1.807) is 26.4 Å². The summed E-state index contributed by atoms with van der Waals surface area (Å²) < 4.78 is 9.35. The highest BCUT2D eigenvalue weighted by Gasteiger charge is 1.88. The van der Waals surface area contributed by atoms with E-state index in [-0.39, 0.29) is 12.0 Å². The highest BCUT2D eigenvalue weighted by Crippen LogP contribution is 2.07. The van der Waals surface area contributed by atoms with Gasteiger partial charge < -0.3 is 14.6 Å². The Balaban J connectivity index is 0.000000288. The van der Waals surface area contributed by atoms with E-state index in [0.29, 0.717) is 5.56 Å². The van der Waals surface area contributed by atoms with Crippen molar-refractivity contribution in [2.45, 2.75) is 13.2 Å². The number of hydrogen-bond acceptors (Lipinski definition) is 4. The molecular weight excluding hydrogens is 196 g/mol. The molecule has 15 heavy (non-hydrogen) atoms. The average molecular weight is 212 g/mol. The quantitative estimate of drug-likeness (QED) is 0.613. The van der Waals surface area contributed by atoms with Crippen LogP contribution in [0.4, 0.5) is 0 Å². The monoisotopic (exact) mass is 212 g/mol. The maximum Gasteiger partial charge on any atom is 0.154 e. The standard InChI is InChI=1S/C7H6O2.C4H10O2/c8-5-6-1-3-7(9)4-2-6;1-4(5-2)6-3/h1-5,9H;4H,1-3H3. The fourth-order valence-corrected chi connectivity index (χ4v) is 0.649. The summed E-state index contributed by atoms with van der Waals surface area (Å²) in [5, 5.41) is 8.74. The van der Waals surface area contributed by atoms with Gasteiger partial charge in [-0.3, -0.25) is 4.79 Å². The molecule has 84 valence electrons. The summed E-state index contributed by atoms with van der Waals surface area (Å²) in [6.45, 7) is 1.83. The maximum atomic E-state index is 10.0. The molecule has 0 aliphatic heterocycles. The normalized spacial score (nSPS) is 9.33. The Hall–Kier alpha value is -1.39. The molecule has 1 N–H and O–H groups in total. The fourth-order valence-electron chi connectivity index (χ4n) is 0.649. The molecule has 0 saturated heterocycles. The summed E-state index contributed by atoms with van der Waals surface area (Å²) in [4.78, 5) is 10.0. The van der Waals surface area contributed by atoms with Crippen LogP contribution in [0.5, 0.6) is 5.75 Å². The number of aldehydes is 1. The van der Waals surface area contributed by atoms with Crippen molar-refractivity contribution < 1.29 is 19.4 Å². The Bertz CT molecular complexity index is 264. The summed E-state index contributed by atoms with van der Waals surface area (Å²) in [6, 6.07) is 6.07. The van der Waals surface area contributed by atoms with E-state index in [0.717, 1.165) is 6.29 Å². The van der Waals surface area contributed by atoms with E-state index >= 15 is 0 Å². The van der Waals surface area contributed by atoms with E-state index in [9.17, 15) is 4.79 Å². The number of carbonyl (C=O) groups is 1. The van der Waals surface area contributed by atoms with Gasteiger partial charge in [-0.15, -0.1) is 0 Å². The van der Waals surface area contributed by atoms with Crippen LogP contribution < -0.4 is 0 Å². The lowest BCUT2D eigenvalue weighted by Crippen LogP contribution is -2.05. The Kier molecular flexibility index (Phi) is 7.23. The van der Waals surface area contributed by atoms with Crippen molar-refractivity contribution in [1.82, 2.24) is 0 Å². The molecular formula is C11H16O4. The second-order valence-corrected chi connectivity index (χ2v) is 2.75. The molecule has 4 nitrogen and oxygen atoms in total. The number of hydrogen-bond donors (Lipinski definition) is 1. The van der Waals surface area contributed by atoms with Crippen molar-refractivity contribution in [1.29, 1.82) is 0 Å². The number of methoxy groups -OCH3 is 2. The van der Waals surface area contributed by atoms with Crippen molar-refractivity contribution in [3.63, 3.8) is 0 Å². The number of aromatic hydroxyl groups is 1. The second-order valence-electron chi connectivity index (χ2n) is 2.75. The van der Waals surface area contributed by atoms with E-state index in [1.165, 1.54) is 12.1 Å². The van der Waals surface area contributed by atoms with Crippen LogP contribution in [0.15, 0.2) is 24.3 Å². The highest BCUT2D eigenvalue weighted by atomic mass is 16.7. The molecule has 0 radical (unpaired) electrons. The zero-order valence-electron chi connectivity index (χ0n) is 9.14. The Labute approximate surface area is 89.4 Å². The first kappa shape index (κ1) is 13.6. The third-order valence-corrected chi connectivity index (χ3v) is 1.69. The predicted octanol–water partition coefficient (Wildman–Crippen LogP) is 1.83. The Morgan fingerprint density at radius 3 is 1.93 bits per heavy atom. The van der Waals surface area contributed by atoms with Crippen LogP contribution in [0.3, 0.4) is 0 Å². The number of phenolic OH excluding ortho intramolecular Hbond substituents is 1. The first-order valence-electron chi connectivity index (χ1n) is 4.43. The van der Waals surface area contributed by atoms with Crippen LogP contribution >= 0.6 is 0 Å². The minimum Gasteiger partial charge on any atom is -0.508 e. The Morgan fingerprint density at radius 2 is 1.67 bits per heavy atom. The molecule has 1 aromatic rings. The van der Waals surface area contributed by atoms with Crippen molar-refractivity contribution in [3.05, 3.63) is 29.8 Å². The molecule has 0 aromatic heterocycles. The SMILES string of the molecule is COC(C)OC.O=Cc1ccc(O)cc1. The summed E-state index contributed by atoms with van der Waals surface area (Å²) in [7, 11) is 3.21. The topological polar surface area (TPSA) is 55.8 Å². The van der Waals surface area contributed by atoms with Gasteiger partial charge in [-0.1, -0.05) is 0 Å². The molecule has 1 rings (SSSR count). The number of ether oxygens (including phenoxy) is 2. The van der Waals surface area contributed by atoms with Gasteiger partial charge >= 0.3 is 0 Å². The molecule has 0 atom stereocenters. The van der Waals surface area contributed by atoms with Gasteiger partial charge in [-0.25, -0.2) is 0 Å². The van der Waals surface area contributed by atoms with Crippen molar-refractivity contribution in [3.8, 4) is 5.75 Å². The van der Waals surface area contributed by atoms with Crippen LogP contribution in [0, 0.1) is 0 Å². The number of rotatable bonds is 3. The predicted molar refractivity (Wildman–Crippen MR) is 57.0 cm³/mol. The van der Waals surface area contributed by atoms with Crippen LogP contribution in [0.1, 0.15) is 17.3 Å². The lowest BCUT2D eigenvalue weighted by Gasteiger charge is -2.03. The third-order valence-electron chi connectivity index (χ3n) is 1.69. The molecule has 0 unspecified atom stereocenters.